The summed E-state index contributed by atoms with van der Waals surface area (Å²) in [5, 5.41) is 3.45. The second-order valence-electron chi connectivity index (χ2n) is 4.82. The standard InChI is InChI=1S/C16H27NO/c1-4-11-18-12-10-16(13-17-5-2)15-8-6-14(3)7-9-15/h6-9,16-17H,4-5,10-13H2,1-3H3. The number of rotatable bonds is 9. The Morgan fingerprint density at radius 3 is 2.44 bits per heavy atom. The van der Waals surface area contributed by atoms with Gasteiger partial charge in [0.05, 0.1) is 0 Å². The second-order valence-corrected chi connectivity index (χ2v) is 4.82. The molecule has 1 N–H and O–H groups in total. The van der Waals surface area contributed by atoms with Crippen LogP contribution in [0.25, 0.3) is 0 Å². The summed E-state index contributed by atoms with van der Waals surface area (Å²) in [5.41, 5.74) is 2.74. The zero-order valence-electron chi connectivity index (χ0n) is 12.0. The molecule has 0 radical (unpaired) electrons. The number of likely N-dealkylation sites (N-methyl/N-ethyl adjacent to an activating group) is 1. The highest BCUT2D eigenvalue weighted by Crippen LogP contribution is 2.19. The molecule has 1 aromatic rings. The predicted octanol–water partition coefficient (Wildman–Crippen LogP) is 3.50. The first kappa shape index (κ1) is 15.2. The van der Waals surface area contributed by atoms with Crippen LogP contribution in [0.4, 0.5) is 0 Å². The van der Waals surface area contributed by atoms with E-state index in [4.69, 9.17) is 4.74 Å². The summed E-state index contributed by atoms with van der Waals surface area (Å²) in [4.78, 5) is 0. The van der Waals surface area contributed by atoms with Crippen LogP contribution in [0.3, 0.4) is 0 Å². The van der Waals surface area contributed by atoms with Crippen molar-refractivity contribution >= 4 is 0 Å². The molecule has 0 aromatic heterocycles. The van der Waals surface area contributed by atoms with Crippen LogP contribution in [0.15, 0.2) is 24.3 Å². The van der Waals surface area contributed by atoms with Crippen molar-refractivity contribution < 1.29 is 4.74 Å². The van der Waals surface area contributed by atoms with Crippen molar-refractivity contribution in [2.45, 2.75) is 39.5 Å². The summed E-state index contributed by atoms with van der Waals surface area (Å²) in [6.45, 7) is 10.2. The van der Waals surface area contributed by atoms with E-state index in [0.29, 0.717) is 5.92 Å². The van der Waals surface area contributed by atoms with Gasteiger partial charge >= 0.3 is 0 Å². The molecule has 0 amide bonds. The molecule has 0 aliphatic rings. The molecule has 1 rings (SSSR count). The Morgan fingerprint density at radius 2 is 1.83 bits per heavy atom. The van der Waals surface area contributed by atoms with Gasteiger partial charge in [0.15, 0.2) is 0 Å². The van der Waals surface area contributed by atoms with E-state index in [1.807, 2.05) is 0 Å². The Labute approximate surface area is 112 Å². The smallest absolute Gasteiger partial charge is 0.0472 e. The highest BCUT2D eigenvalue weighted by Gasteiger charge is 2.10. The zero-order chi connectivity index (χ0) is 13.2. The van der Waals surface area contributed by atoms with Crippen LogP contribution in [0, 0.1) is 6.92 Å². The lowest BCUT2D eigenvalue weighted by molar-refractivity contribution is 0.127. The first-order valence-corrected chi connectivity index (χ1v) is 7.13. The molecule has 0 aliphatic carbocycles. The number of benzene rings is 1. The summed E-state index contributed by atoms with van der Waals surface area (Å²) in [6.07, 6.45) is 2.19. The van der Waals surface area contributed by atoms with E-state index >= 15 is 0 Å². The van der Waals surface area contributed by atoms with Gasteiger partial charge in [0, 0.05) is 19.8 Å². The van der Waals surface area contributed by atoms with Crippen molar-refractivity contribution in [3.63, 3.8) is 0 Å². The van der Waals surface area contributed by atoms with E-state index in [1.165, 1.54) is 11.1 Å². The van der Waals surface area contributed by atoms with Crippen LogP contribution in [0.5, 0.6) is 0 Å². The molecule has 1 atom stereocenters. The Morgan fingerprint density at radius 1 is 1.11 bits per heavy atom. The first-order valence-electron chi connectivity index (χ1n) is 7.13. The summed E-state index contributed by atoms with van der Waals surface area (Å²) >= 11 is 0. The maximum absolute atomic E-state index is 5.61. The van der Waals surface area contributed by atoms with Crippen LogP contribution < -0.4 is 5.32 Å². The lowest BCUT2D eigenvalue weighted by Gasteiger charge is -2.18. The molecule has 0 spiro atoms. The lowest BCUT2D eigenvalue weighted by Crippen LogP contribution is -2.22. The van der Waals surface area contributed by atoms with Gasteiger partial charge in [-0.2, -0.15) is 0 Å². The van der Waals surface area contributed by atoms with Gasteiger partial charge in [-0.3, -0.25) is 0 Å². The van der Waals surface area contributed by atoms with Crippen molar-refractivity contribution in [1.82, 2.24) is 5.32 Å². The molecule has 0 heterocycles. The largest absolute Gasteiger partial charge is 0.381 e. The van der Waals surface area contributed by atoms with Crippen molar-refractivity contribution in [1.29, 1.82) is 0 Å². The number of ether oxygens (including phenoxy) is 1. The summed E-state index contributed by atoms with van der Waals surface area (Å²) in [6, 6.07) is 8.89. The van der Waals surface area contributed by atoms with Crippen molar-refractivity contribution in [3.05, 3.63) is 35.4 Å². The normalized spacial score (nSPS) is 12.6. The van der Waals surface area contributed by atoms with Crippen LogP contribution in [0.1, 0.15) is 43.7 Å². The minimum absolute atomic E-state index is 0.558. The molecule has 0 aliphatic heterocycles. The molecule has 1 unspecified atom stereocenters. The second kappa shape index (κ2) is 9.12. The van der Waals surface area contributed by atoms with Gasteiger partial charge in [-0.1, -0.05) is 43.7 Å². The third kappa shape index (κ3) is 5.65. The van der Waals surface area contributed by atoms with Gasteiger partial charge in [0.25, 0.3) is 0 Å². The number of aryl methyl sites for hydroxylation is 1. The molecule has 1 aromatic carbocycles. The van der Waals surface area contributed by atoms with Gasteiger partial charge in [-0.05, 0) is 37.8 Å². The summed E-state index contributed by atoms with van der Waals surface area (Å²) < 4.78 is 5.61. The maximum atomic E-state index is 5.61. The van der Waals surface area contributed by atoms with Crippen LogP contribution >= 0.6 is 0 Å². The number of nitrogens with one attached hydrogen (secondary N) is 1. The van der Waals surface area contributed by atoms with Gasteiger partial charge in [-0.15, -0.1) is 0 Å². The van der Waals surface area contributed by atoms with Gasteiger partial charge in [-0.25, -0.2) is 0 Å². The minimum atomic E-state index is 0.558. The van der Waals surface area contributed by atoms with Crippen LogP contribution in [-0.4, -0.2) is 26.3 Å². The Balaban J connectivity index is 2.51. The fourth-order valence-corrected chi connectivity index (χ4v) is 2.02. The molecular formula is C16H27NO. The Hall–Kier alpha value is -0.860. The molecule has 0 saturated carbocycles. The van der Waals surface area contributed by atoms with Crippen LogP contribution in [-0.2, 0) is 4.74 Å². The van der Waals surface area contributed by atoms with E-state index in [1.54, 1.807) is 0 Å². The quantitative estimate of drug-likeness (QED) is 0.676. The third-order valence-electron chi connectivity index (χ3n) is 3.15. The van der Waals surface area contributed by atoms with Crippen molar-refractivity contribution in [2.75, 3.05) is 26.3 Å². The topological polar surface area (TPSA) is 21.3 Å². The Kier molecular flexibility index (Phi) is 7.70. The molecule has 0 fully saturated rings. The maximum Gasteiger partial charge on any atom is 0.0472 e. The first-order chi connectivity index (χ1) is 8.77. The number of hydrogen-bond donors (Lipinski definition) is 1. The average molecular weight is 249 g/mol. The van der Waals surface area contributed by atoms with Gasteiger partial charge in [0.1, 0.15) is 0 Å². The fourth-order valence-electron chi connectivity index (χ4n) is 2.02. The zero-order valence-corrected chi connectivity index (χ0v) is 12.0. The van der Waals surface area contributed by atoms with E-state index in [-0.39, 0.29) is 0 Å². The molecule has 102 valence electrons. The van der Waals surface area contributed by atoms with E-state index in [9.17, 15) is 0 Å². The van der Waals surface area contributed by atoms with E-state index in [2.05, 4.69) is 50.4 Å². The van der Waals surface area contributed by atoms with Crippen molar-refractivity contribution in [2.24, 2.45) is 0 Å². The van der Waals surface area contributed by atoms with E-state index in [0.717, 1.165) is 39.1 Å². The third-order valence-corrected chi connectivity index (χ3v) is 3.15. The highest BCUT2D eigenvalue weighted by atomic mass is 16.5. The lowest BCUT2D eigenvalue weighted by atomic mass is 9.95. The molecule has 2 heteroatoms. The number of hydrogen-bond acceptors (Lipinski definition) is 2. The molecule has 0 bridgehead atoms. The van der Waals surface area contributed by atoms with E-state index < -0.39 is 0 Å². The summed E-state index contributed by atoms with van der Waals surface area (Å²) in [5.74, 6) is 0.558. The van der Waals surface area contributed by atoms with Crippen molar-refractivity contribution in [3.8, 4) is 0 Å². The highest BCUT2D eigenvalue weighted by molar-refractivity contribution is 5.24. The SMILES string of the molecule is CCCOCCC(CNCC)c1ccc(C)cc1. The average Bonchev–Trinajstić information content (AvgIpc) is 2.39. The fraction of sp³-hybridized carbons (Fsp3) is 0.625. The monoisotopic (exact) mass is 249 g/mol. The molecule has 2 nitrogen and oxygen atoms in total. The van der Waals surface area contributed by atoms with Crippen LogP contribution in [0.2, 0.25) is 0 Å². The van der Waals surface area contributed by atoms with Gasteiger partial charge in [0.2, 0.25) is 0 Å². The molecule has 0 saturated heterocycles. The minimum Gasteiger partial charge on any atom is -0.381 e. The predicted molar refractivity (Wildman–Crippen MR) is 78.2 cm³/mol. The molecular weight excluding hydrogens is 222 g/mol. The Bertz CT molecular complexity index is 307. The summed E-state index contributed by atoms with van der Waals surface area (Å²) in [7, 11) is 0. The molecule has 18 heavy (non-hydrogen) atoms. The van der Waals surface area contributed by atoms with Gasteiger partial charge < -0.3 is 10.1 Å².